The Balaban J connectivity index is 1.72. The third-order valence-corrected chi connectivity index (χ3v) is 3.11. The van der Waals surface area contributed by atoms with Crippen LogP contribution in [0.15, 0.2) is 24.3 Å². The van der Waals surface area contributed by atoms with Crippen molar-refractivity contribution in [2.75, 3.05) is 6.54 Å². The van der Waals surface area contributed by atoms with Crippen molar-refractivity contribution in [1.29, 1.82) is 0 Å². The van der Waals surface area contributed by atoms with Crippen LogP contribution in [0.2, 0.25) is 0 Å². The van der Waals surface area contributed by atoms with Gasteiger partial charge in [0.2, 0.25) is 5.91 Å². The fourth-order valence-corrected chi connectivity index (χ4v) is 2.03. The molecule has 19 heavy (non-hydrogen) atoms. The average molecular weight is 259 g/mol. The number of hydrogen-bond donors (Lipinski definition) is 2. The number of fused-ring (bicyclic) bond motifs is 1. The maximum Gasteiger partial charge on any atom is 0.219 e. The van der Waals surface area contributed by atoms with Crippen LogP contribution in [0.4, 0.5) is 0 Å². The van der Waals surface area contributed by atoms with E-state index in [0.29, 0.717) is 6.42 Å². The summed E-state index contributed by atoms with van der Waals surface area (Å²) in [5.74, 6) is 1.15. The largest absolute Gasteiger partial charge is 0.356 e. The number of imidazole rings is 1. The number of H-pyrrole nitrogens is 1. The molecule has 0 unspecified atom stereocenters. The second-order valence-electron chi connectivity index (χ2n) is 4.76. The van der Waals surface area contributed by atoms with E-state index in [1.165, 1.54) is 0 Å². The van der Waals surface area contributed by atoms with Gasteiger partial charge in [-0.05, 0) is 25.0 Å². The third kappa shape index (κ3) is 4.09. The number of aromatic nitrogens is 2. The number of unbranched alkanes of at least 4 members (excludes halogenated alkanes) is 1. The predicted molar refractivity (Wildman–Crippen MR) is 76.9 cm³/mol. The molecule has 1 aromatic carbocycles. The number of carbonyl (C=O) groups is 1. The summed E-state index contributed by atoms with van der Waals surface area (Å²) in [5.41, 5.74) is 2.08. The number of nitrogens with one attached hydrogen (secondary N) is 2. The lowest BCUT2D eigenvalue weighted by atomic mass is 10.2. The van der Waals surface area contributed by atoms with Crippen LogP contribution in [0.5, 0.6) is 0 Å². The van der Waals surface area contributed by atoms with E-state index in [1.54, 1.807) is 0 Å². The molecule has 0 radical (unpaired) electrons. The van der Waals surface area contributed by atoms with Crippen LogP contribution >= 0.6 is 0 Å². The molecule has 1 amide bonds. The lowest BCUT2D eigenvalue weighted by Gasteiger charge is -2.03. The van der Waals surface area contributed by atoms with Crippen LogP contribution in [0.1, 0.15) is 38.4 Å². The van der Waals surface area contributed by atoms with Gasteiger partial charge in [-0.25, -0.2) is 4.98 Å². The van der Waals surface area contributed by atoms with Crippen molar-refractivity contribution in [1.82, 2.24) is 15.3 Å². The molecule has 0 aliphatic carbocycles. The molecule has 4 nitrogen and oxygen atoms in total. The number of rotatable bonds is 7. The van der Waals surface area contributed by atoms with Crippen molar-refractivity contribution in [3.8, 4) is 0 Å². The topological polar surface area (TPSA) is 57.8 Å². The van der Waals surface area contributed by atoms with E-state index < -0.39 is 0 Å². The Labute approximate surface area is 113 Å². The van der Waals surface area contributed by atoms with E-state index in [9.17, 15) is 4.79 Å². The molecule has 0 aliphatic rings. The number of para-hydroxylation sites is 2. The van der Waals surface area contributed by atoms with Gasteiger partial charge >= 0.3 is 0 Å². The van der Waals surface area contributed by atoms with Gasteiger partial charge in [0.25, 0.3) is 0 Å². The molecule has 2 aromatic rings. The molecule has 0 bridgehead atoms. The highest BCUT2D eigenvalue weighted by Crippen LogP contribution is 2.11. The molecule has 1 aromatic heterocycles. The molecule has 1 heterocycles. The molecule has 0 fully saturated rings. The lowest BCUT2D eigenvalue weighted by Crippen LogP contribution is -2.24. The number of aryl methyl sites for hydroxylation is 1. The average Bonchev–Trinajstić information content (AvgIpc) is 2.84. The molecule has 4 heteroatoms. The molecule has 0 aliphatic heterocycles. The molecular formula is C15H21N3O. The molecule has 2 N–H and O–H groups in total. The number of benzene rings is 1. The summed E-state index contributed by atoms with van der Waals surface area (Å²) in [6, 6.07) is 8.01. The summed E-state index contributed by atoms with van der Waals surface area (Å²) >= 11 is 0. The van der Waals surface area contributed by atoms with E-state index in [0.717, 1.165) is 49.1 Å². The van der Waals surface area contributed by atoms with E-state index in [2.05, 4.69) is 22.2 Å². The first-order valence-electron chi connectivity index (χ1n) is 7.00. The standard InChI is InChI=1S/C15H21N3O/c1-2-3-10-15(19)16-11-6-9-14-17-12-7-4-5-8-13(12)18-14/h4-5,7-8H,2-3,6,9-11H2,1H3,(H,16,19)(H,17,18). The Kier molecular flexibility index (Phi) is 4.95. The fraction of sp³-hybridized carbons (Fsp3) is 0.467. The Morgan fingerprint density at radius 1 is 1.32 bits per heavy atom. The van der Waals surface area contributed by atoms with Crippen molar-refractivity contribution in [3.63, 3.8) is 0 Å². The van der Waals surface area contributed by atoms with Gasteiger partial charge in [0.1, 0.15) is 5.82 Å². The maximum atomic E-state index is 11.4. The molecule has 0 atom stereocenters. The molecule has 102 valence electrons. The van der Waals surface area contributed by atoms with Crippen LogP contribution in [-0.2, 0) is 11.2 Å². The number of aromatic amines is 1. The molecule has 0 saturated carbocycles. The van der Waals surface area contributed by atoms with Crippen LogP contribution in [-0.4, -0.2) is 22.4 Å². The van der Waals surface area contributed by atoms with Gasteiger partial charge in [0, 0.05) is 19.4 Å². The zero-order chi connectivity index (χ0) is 13.5. The summed E-state index contributed by atoms with van der Waals surface area (Å²) in [7, 11) is 0. The zero-order valence-corrected chi connectivity index (χ0v) is 11.4. The first-order valence-corrected chi connectivity index (χ1v) is 7.00. The molecule has 0 saturated heterocycles. The van der Waals surface area contributed by atoms with Gasteiger partial charge in [-0.1, -0.05) is 25.5 Å². The minimum Gasteiger partial charge on any atom is -0.356 e. The van der Waals surface area contributed by atoms with Crippen LogP contribution in [0.3, 0.4) is 0 Å². The fourth-order valence-electron chi connectivity index (χ4n) is 2.03. The van der Waals surface area contributed by atoms with Gasteiger partial charge in [0.15, 0.2) is 0 Å². The van der Waals surface area contributed by atoms with E-state index >= 15 is 0 Å². The van der Waals surface area contributed by atoms with E-state index in [4.69, 9.17) is 0 Å². The highest BCUT2D eigenvalue weighted by molar-refractivity contribution is 5.76. The smallest absolute Gasteiger partial charge is 0.219 e. The van der Waals surface area contributed by atoms with Gasteiger partial charge in [-0.3, -0.25) is 4.79 Å². The minimum absolute atomic E-state index is 0.159. The summed E-state index contributed by atoms with van der Waals surface area (Å²) in [6.07, 6.45) is 4.45. The molecular weight excluding hydrogens is 238 g/mol. The lowest BCUT2D eigenvalue weighted by molar-refractivity contribution is -0.121. The second-order valence-corrected chi connectivity index (χ2v) is 4.76. The van der Waals surface area contributed by atoms with Crippen molar-refractivity contribution < 1.29 is 4.79 Å². The van der Waals surface area contributed by atoms with Crippen molar-refractivity contribution in [3.05, 3.63) is 30.1 Å². The number of nitrogens with zero attached hydrogens (tertiary/aromatic N) is 1. The minimum atomic E-state index is 0.159. The van der Waals surface area contributed by atoms with Gasteiger partial charge in [-0.2, -0.15) is 0 Å². The summed E-state index contributed by atoms with van der Waals surface area (Å²) in [5, 5.41) is 2.94. The zero-order valence-electron chi connectivity index (χ0n) is 11.4. The van der Waals surface area contributed by atoms with Gasteiger partial charge < -0.3 is 10.3 Å². The number of hydrogen-bond acceptors (Lipinski definition) is 2. The van der Waals surface area contributed by atoms with E-state index in [-0.39, 0.29) is 5.91 Å². The summed E-state index contributed by atoms with van der Waals surface area (Å²) in [6.45, 7) is 2.81. The van der Waals surface area contributed by atoms with Crippen LogP contribution in [0, 0.1) is 0 Å². The maximum absolute atomic E-state index is 11.4. The monoisotopic (exact) mass is 259 g/mol. The van der Waals surface area contributed by atoms with Gasteiger partial charge in [-0.15, -0.1) is 0 Å². The first kappa shape index (κ1) is 13.6. The first-order chi connectivity index (χ1) is 9.29. The second kappa shape index (κ2) is 6.92. The Hall–Kier alpha value is -1.84. The molecule has 2 rings (SSSR count). The van der Waals surface area contributed by atoms with Crippen LogP contribution < -0.4 is 5.32 Å². The number of carbonyl (C=O) groups excluding carboxylic acids is 1. The molecule has 0 spiro atoms. The van der Waals surface area contributed by atoms with Crippen molar-refractivity contribution >= 4 is 16.9 Å². The Bertz CT molecular complexity index is 500. The summed E-state index contributed by atoms with van der Waals surface area (Å²) in [4.78, 5) is 19.2. The van der Waals surface area contributed by atoms with E-state index in [1.807, 2.05) is 24.3 Å². The van der Waals surface area contributed by atoms with Crippen molar-refractivity contribution in [2.45, 2.75) is 39.0 Å². The third-order valence-electron chi connectivity index (χ3n) is 3.11. The summed E-state index contributed by atoms with van der Waals surface area (Å²) < 4.78 is 0. The predicted octanol–water partition coefficient (Wildman–Crippen LogP) is 2.80. The normalized spacial score (nSPS) is 10.8. The number of amides is 1. The van der Waals surface area contributed by atoms with Gasteiger partial charge in [0.05, 0.1) is 11.0 Å². The Morgan fingerprint density at radius 2 is 2.16 bits per heavy atom. The Morgan fingerprint density at radius 3 is 2.95 bits per heavy atom. The quantitative estimate of drug-likeness (QED) is 0.751. The van der Waals surface area contributed by atoms with Crippen molar-refractivity contribution in [2.24, 2.45) is 0 Å². The highest BCUT2D eigenvalue weighted by atomic mass is 16.1. The van der Waals surface area contributed by atoms with Crippen LogP contribution in [0.25, 0.3) is 11.0 Å². The SMILES string of the molecule is CCCCC(=O)NCCCc1nc2ccccc2[nH]1. The highest BCUT2D eigenvalue weighted by Gasteiger charge is 2.03.